The predicted molar refractivity (Wildman–Crippen MR) is 72.0 cm³/mol. The van der Waals surface area contributed by atoms with Gasteiger partial charge in [0.05, 0.1) is 0 Å². The van der Waals surface area contributed by atoms with Crippen LogP contribution in [0.25, 0.3) is 0 Å². The lowest BCUT2D eigenvalue weighted by Crippen LogP contribution is -2.39. The highest BCUT2D eigenvalue weighted by molar-refractivity contribution is 6.31. The zero-order valence-electron chi connectivity index (χ0n) is 10.3. The number of aldehydes is 1. The van der Waals surface area contributed by atoms with Gasteiger partial charge in [0.2, 0.25) is 0 Å². The van der Waals surface area contributed by atoms with Crippen LogP contribution >= 0.6 is 11.6 Å². The number of hydrogen-bond donors (Lipinski definition) is 0. The van der Waals surface area contributed by atoms with Crippen molar-refractivity contribution < 1.29 is 4.79 Å². The molecule has 0 bridgehead atoms. The van der Waals surface area contributed by atoms with Gasteiger partial charge in [0.1, 0.15) is 0 Å². The van der Waals surface area contributed by atoms with Crippen LogP contribution in [0, 0.1) is 11.8 Å². The van der Waals surface area contributed by atoms with Crippen molar-refractivity contribution in [1.29, 1.82) is 0 Å². The molecule has 1 saturated heterocycles. The number of carbonyl (C=O) groups excluding carboxylic acids is 1. The van der Waals surface area contributed by atoms with E-state index in [2.05, 4.69) is 18.7 Å². The van der Waals surface area contributed by atoms with Gasteiger partial charge in [-0.15, -0.1) is 0 Å². The molecule has 0 N–H and O–H groups in total. The third-order valence-corrected chi connectivity index (χ3v) is 3.56. The van der Waals surface area contributed by atoms with E-state index in [-0.39, 0.29) is 0 Å². The molecule has 1 aromatic rings. The molecule has 1 aliphatic rings. The van der Waals surface area contributed by atoms with Crippen molar-refractivity contribution in [3.63, 3.8) is 0 Å². The molecule has 0 spiro atoms. The summed E-state index contributed by atoms with van der Waals surface area (Å²) in [5.74, 6) is 1.33. The highest BCUT2D eigenvalue weighted by Crippen LogP contribution is 2.30. The average Bonchev–Trinajstić information content (AvgIpc) is 2.27. The molecule has 0 aliphatic carbocycles. The van der Waals surface area contributed by atoms with E-state index in [1.165, 1.54) is 6.42 Å². The first kappa shape index (κ1) is 12.4. The summed E-state index contributed by atoms with van der Waals surface area (Å²) in [6.07, 6.45) is 2.17. The number of anilines is 1. The fraction of sp³-hybridized carbons (Fsp3) is 0.500. The molecule has 1 aliphatic heterocycles. The van der Waals surface area contributed by atoms with Gasteiger partial charge in [-0.2, -0.15) is 0 Å². The summed E-state index contributed by atoms with van der Waals surface area (Å²) in [5.41, 5.74) is 1.71. The van der Waals surface area contributed by atoms with E-state index in [1.54, 1.807) is 12.1 Å². The lowest BCUT2D eigenvalue weighted by atomic mass is 9.91. The number of hydrogen-bond acceptors (Lipinski definition) is 2. The number of piperidine rings is 1. The minimum absolute atomic E-state index is 0.664. The van der Waals surface area contributed by atoms with Crippen molar-refractivity contribution in [2.24, 2.45) is 11.8 Å². The molecule has 2 rings (SSSR count). The van der Waals surface area contributed by atoms with Crippen molar-refractivity contribution in [2.75, 3.05) is 18.0 Å². The first-order valence-electron chi connectivity index (χ1n) is 6.10. The van der Waals surface area contributed by atoms with Crippen LogP contribution in [0.5, 0.6) is 0 Å². The summed E-state index contributed by atoms with van der Waals surface area (Å²) in [4.78, 5) is 13.4. The normalized spacial score (nSPS) is 24.8. The van der Waals surface area contributed by atoms with Gasteiger partial charge in [-0.05, 0) is 36.5 Å². The van der Waals surface area contributed by atoms with Crippen LogP contribution in [0.1, 0.15) is 30.6 Å². The van der Waals surface area contributed by atoms with E-state index in [0.29, 0.717) is 16.9 Å². The molecule has 2 atom stereocenters. The molecule has 0 saturated carbocycles. The number of carbonyl (C=O) groups is 1. The maximum absolute atomic E-state index is 11.1. The second-order valence-electron chi connectivity index (χ2n) is 5.17. The van der Waals surface area contributed by atoms with Crippen LogP contribution in [0.4, 0.5) is 5.69 Å². The number of benzene rings is 1. The Kier molecular flexibility index (Phi) is 3.72. The molecule has 0 aromatic heterocycles. The van der Waals surface area contributed by atoms with Gasteiger partial charge >= 0.3 is 0 Å². The van der Waals surface area contributed by atoms with Gasteiger partial charge in [0, 0.05) is 29.4 Å². The fourth-order valence-electron chi connectivity index (χ4n) is 2.75. The Morgan fingerprint density at radius 2 is 1.94 bits per heavy atom. The summed E-state index contributed by atoms with van der Waals surface area (Å²) in [6, 6.07) is 5.47. The Balaban J connectivity index is 2.31. The first-order chi connectivity index (χ1) is 8.10. The largest absolute Gasteiger partial charge is 0.370 e. The van der Waals surface area contributed by atoms with Gasteiger partial charge < -0.3 is 4.90 Å². The molecule has 17 heavy (non-hydrogen) atoms. The van der Waals surface area contributed by atoms with Crippen molar-refractivity contribution in [3.05, 3.63) is 28.8 Å². The molecule has 0 amide bonds. The Labute approximate surface area is 108 Å². The summed E-state index contributed by atoms with van der Waals surface area (Å²) in [6.45, 7) is 6.53. The molecule has 2 nitrogen and oxygen atoms in total. The fourth-order valence-corrected chi connectivity index (χ4v) is 2.92. The number of halogens is 1. The molecule has 0 radical (unpaired) electrons. The van der Waals surface area contributed by atoms with Crippen LogP contribution in [0.2, 0.25) is 5.02 Å². The minimum Gasteiger partial charge on any atom is -0.370 e. The maximum Gasteiger partial charge on any atom is 0.152 e. The van der Waals surface area contributed by atoms with Crippen molar-refractivity contribution in [3.8, 4) is 0 Å². The lowest BCUT2D eigenvalue weighted by molar-refractivity contribution is 0.112. The maximum atomic E-state index is 11.1. The number of nitrogens with zero attached hydrogens (tertiary/aromatic N) is 1. The van der Waals surface area contributed by atoms with E-state index < -0.39 is 0 Å². The highest BCUT2D eigenvalue weighted by atomic mass is 35.5. The van der Waals surface area contributed by atoms with Gasteiger partial charge in [-0.1, -0.05) is 25.4 Å². The summed E-state index contributed by atoms with van der Waals surface area (Å²) in [5, 5.41) is 0.691. The molecule has 1 fully saturated rings. The van der Waals surface area contributed by atoms with E-state index >= 15 is 0 Å². The van der Waals surface area contributed by atoms with E-state index in [1.807, 2.05) is 6.07 Å². The molecule has 1 heterocycles. The van der Waals surface area contributed by atoms with Gasteiger partial charge in [-0.3, -0.25) is 4.79 Å². The highest BCUT2D eigenvalue weighted by Gasteiger charge is 2.23. The second kappa shape index (κ2) is 5.09. The standard InChI is InChI=1S/C14H18ClNO/c1-10-5-11(2)8-16(7-10)14-6-13(15)4-3-12(14)9-17/h3-4,6,9-11H,5,7-8H2,1-2H3. The predicted octanol–water partition coefficient (Wildman–Crippen LogP) is 3.63. The lowest BCUT2D eigenvalue weighted by Gasteiger charge is -2.37. The van der Waals surface area contributed by atoms with Crippen LogP contribution in [0.3, 0.4) is 0 Å². The van der Waals surface area contributed by atoms with E-state index in [4.69, 9.17) is 11.6 Å². The van der Waals surface area contributed by atoms with Gasteiger partial charge in [0.15, 0.2) is 6.29 Å². The molecule has 3 heteroatoms. The molecule has 1 aromatic carbocycles. The topological polar surface area (TPSA) is 20.3 Å². The summed E-state index contributed by atoms with van der Waals surface area (Å²) in [7, 11) is 0. The summed E-state index contributed by atoms with van der Waals surface area (Å²) >= 11 is 6.02. The first-order valence-corrected chi connectivity index (χ1v) is 6.47. The van der Waals surface area contributed by atoms with Crippen molar-refractivity contribution >= 4 is 23.6 Å². The number of rotatable bonds is 2. The van der Waals surface area contributed by atoms with Crippen molar-refractivity contribution in [2.45, 2.75) is 20.3 Å². The molecule has 92 valence electrons. The second-order valence-corrected chi connectivity index (χ2v) is 5.61. The Hall–Kier alpha value is -1.02. The van der Waals surface area contributed by atoms with E-state index in [0.717, 1.165) is 30.6 Å². The van der Waals surface area contributed by atoms with Crippen LogP contribution in [0.15, 0.2) is 18.2 Å². The Morgan fingerprint density at radius 3 is 2.53 bits per heavy atom. The quantitative estimate of drug-likeness (QED) is 0.748. The van der Waals surface area contributed by atoms with Crippen LogP contribution in [-0.2, 0) is 0 Å². The van der Waals surface area contributed by atoms with Crippen LogP contribution in [-0.4, -0.2) is 19.4 Å². The van der Waals surface area contributed by atoms with Gasteiger partial charge in [-0.25, -0.2) is 0 Å². The third kappa shape index (κ3) is 2.81. The Morgan fingerprint density at radius 1 is 1.29 bits per heavy atom. The zero-order chi connectivity index (χ0) is 12.4. The molecule has 2 unspecified atom stereocenters. The zero-order valence-corrected chi connectivity index (χ0v) is 11.1. The van der Waals surface area contributed by atoms with Gasteiger partial charge in [0.25, 0.3) is 0 Å². The van der Waals surface area contributed by atoms with Crippen LogP contribution < -0.4 is 4.90 Å². The average molecular weight is 252 g/mol. The molecular formula is C14H18ClNO. The summed E-state index contributed by atoms with van der Waals surface area (Å²) < 4.78 is 0. The molecular weight excluding hydrogens is 234 g/mol. The SMILES string of the molecule is CC1CC(C)CN(c2cc(Cl)ccc2C=O)C1. The Bertz CT molecular complexity index is 409. The smallest absolute Gasteiger partial charge is 0.152 e. The minimum atomic E-state index is 0.664. The monoisotopic (exact) mass is 251 g/mol. The van der Waals surface area contributed by atoms with E-state index in [9.17, 15) is 4.79 Å². The van der Waals surface area contributed by atoms with Crippen molar-refractivity contribution in [1.82, 2.24) is 0 Å². The third-order valence-electron chi connectivity index (χ3n) is 3.33.